The number of imidazole rings is 1. The number of nitrogens with one attached hydrogen (secondary N) is 2. The highest BCUT2D eigenvalue weighted by molar-refractivity contribution is 7.92. The number of rotatable bonds is 3. The molecule has 0 aliphatic rings. The first kappa shape index (κ1) is 10.7. The highest BCUT2D eigenvalue weighted by Gasteiger charge is 2.16. The van der Waals surface area contributed by atoms with E-state index in [9.17, 15) is 8.42 Å². The maximum Gasteiger partial charge on any atom is 0.278 e. The van der Waals surface area contributed by atoms with E-state index in [1.54, 1.807) is 31.2 Å². The van der Waals surface area contributed by atoms with Gasteiger partial charge in [0, 0.05) is 5.69 Å². The van der Waals surface area contributed by atoms with Gasteiger partial charge in [-0.25, -0.2) is 4.98 Å². The Morgan fingerprint density at radius 2 is 1.94 bits per heavy atom. The van der Waals surface area contributed by atoms with E-state index < -0.39 is 10.0 Å². The number of benzene rings is 1. The average molecular weight is 237 g/mol. The molecule has 0 aliphatic carbocycles. The maximum absolute atomic E-state index is 11.8. The van der Waals surface area contributed by atoms with Gasteiger partial charge in [-0.15, -0.1) is 0 Å². The van der Waals surface area contributed by atoms with E-state index in [1.165, 1.54) is 6.20 Å². The lowest BCUT2D eigenvalue weighted by Gasteiger charge is -2.04. The van der Waals surface area contributed by atoms with Crippen LogP contribution in [0.5, 0.6) is 0 Å². The molecule has 84 valence electrons. The topological polar surface area (TPSA) is 74.8 Å². The van der Waals surface area contributed by atoms with Crippen LogP contribution in [0.15, 0.2) is 41.6 Å². The zero-order valence-electron chi connectivity index (χ0n) is 8.64. The molecule has 0 saturated carbocycles. The quantitative estimate of drug-likeness (QED) is 0.849. The van der Waals surface area contributed by atoms with Gasteiger partial charge < -0.3 is 4.98 Å². The zero-order valence-corrected chi connectivity index (χ0v) is 9.45. The third-order valence-electron chi connectivity index (χ3n) is 2.00. The van der Waals surface area contributed by atoms with Gasteiger partial charge in [0.15, 0.2) is 5.03 Å². The number of H-pyrrole nitrogens is 1. The first-order valence-electron chi connectivity index (χ1n) is 4.67. The van der Waals surface area contributed by atoms with Crippen molar-refractivity contribution in [2.75, 3.05) is 4.72 Å². The van der Waals surface area contributed by atoms with Gasteiger partial charge in [-0.3, -0.25) is 4.72 Å². The van der Waals surface area contributed by atoms with E-state index in [-0.39, 0.29) is 5.03 Å². The van der Waals surface area contributed by atoms with Gasteiger partial charge in [0.2, 0.25) is 0 Å². The van der Waals surface area contributed by atoms with Crippen molar-refractivity contribution in [3.05, 3.63) is 42.4 Å². The van der Waals surface area contributed by atoms with Crippen LogP contribution < -0.4 is 4.72 Å². The molecule has 0 atom stereocenters. The van der Waals surface area contributed by atoms with Crippen molar-refractivity contribution in [2.45, 2.75) is 11.9 Å². The van der Waals surface area contributed by atoms with Gasteiger partial charge >= 0.3 is 0 Å². The molecule has 0 radical (unpaired) electrons. The molecule has 2 aromatic rings. The summed E-state index contributed by atoms with van der Waals surface area (Å²) in [5.74, 6) is 0.563. The molecule has 0 bridgehead atoms. The van der Waals surface area contributed by atoms with Crippen LogP contribution in [0.2, 0.25) is 0 Å². The highest BCUT2D eigenvalue weighted by Crippen LogP contribution is 2.13. The molecule has 16 heavy (non-hydrogen) atoms. The third-order valence-corrected chi connectivity index (χ3v) is 3.29. The second-order valence-electron chi connectivity index (χ2n) is 3.30. The van der Waals surface area contributed by atoms with E-state index in [4.69, 9.17) is 0 Å². The van der Waals surface area contributed by atoms with E-state index >= 15 is 0 Å². The van der Waals surface area contributed by atoms with Crippen LogP contribution in [0, 0.1) is 6.92 Å². The summed E-state index contributed by atoms with van der Waals surface area (Å²) in [6.45, 7) is 1.70. The highest BCUT2D eigenvalue weighted by atomic mass is 32.2. The first-order chi connectivity index (χ1) is 7.58. The van der Waals surface area contributed by atoms with Crippen LogP contribution in [0.1, 0.15) is 5.82 Å². The second kappa shape index (κ2) is 3.97. The molecule has 2 rings (SSSR count). The number of anilines is 1. The Morgan fingerprint density at radius 1 is 1.25 bits per heavy atom. The second-order valence-corrected chi connectivity index (χ2v) is 4.96. The summed E-state index contributed by atoms with van der Waals surface area (Å²) in [7, 11) is -3.56. The van der Waals surface area contributed by atoms with Crippen LogP contribution in [-0.4, -0.2) is 18.4 Å². The third kappa shape index (κ3) is 2.22. The molecule has 0 amide bonds. The molecule has 2 N–H and O–H groups in total. The minimum absolute atomic E-state index is 0.0638. The van der Waals surface area contributed by atoms with Crippen molar-refractivity contribution in [1.29, 1.82) is 0 Å². The molecule has 1 heterocycles. The molecule has 0 unspecified atom stereocenters. The van der Waals surface area contributed by atoms with Crippen molar-refractivity contribution >= 4 is 15.7 Å². The van der Waals surface area contributed by atoms with E-state index in [0.717, 1.165) is 0 Å². The Morgan fingerprint density at radius 3 is 2.50 bits per heavy atom. The number of hydrogen-bond donors (Lipinski definition) is 2. The summed E-state index contributed by atoms with van der Waals surface area (Å²) in [4.78, 5) is 6.52. The van der Waals surface area contributed by atoms with Gasteiger partial charge in [0.05, 0.1) is 6.20 Å². The lowest BCUT2D eigenvalue weighted by atomic mass is 10.3. The Balaban J connectivity index is 2.28. The van der Waals surface area contributed by atoms with Crippen molar-refractivity contribution in [3.8, 4) is 0 Å². The largest absolute Gasteiger partial charge is 0.332 e. The molecule has 1 aromatic heterocycles. The Hall–Kier alpha value is -1.82. The summed E-state index contributed by atoms with van der Waals surface area (Å²) < 4.78 is 26.1. The lowest BCUT2D eigenvalue weighted by Crippen LogP contribution is -2.13. The molecular weight excluding hydrogens is 226 g/mol. The molecule has 0 saturated heterocycles. The van der Waals surface area contributed by atoms with Crippen molar-refractivity contribution in [2.24, 2.45) is 0 Å². The number of nitrogens with zero attached hydrogens (tertiary/aromatic N) is 1. The van der Waals surface area contributed by atoms with Crippen LogP contribution in [0.3, 0.4) is 0 Å². The minimum Gasteiger partial charge on any atom is -0.332 e. The number of aromatic amines is 1. The predicted octanol–water partition coefficient (Wildman–Crippen LogP) is 1.52. The predicted molar refractivity (Wildman–Crippen MR) is 60.6 cm³/mol. The van der Waals surface area contributed by atoms with Crippen LogP contribution in [0.4, 0.5) is 5.69 Å². The van der Waals surface area contributed by atoms with E-state index in [0.29, 0.717) is 11.5 Å². The smallest absolute Gasteiger partial charge is 0.278 e. The maximum atomic E-state index is 11.8. The van der Waals surface area contributed by atoms with Crippen molar-refractivity contribution in [3.63, 3.8) is 0 Å². The molecule has 6 heteroatoms. The van der Waals surface area contributed by atoms with Gasteiger partial charge in [-0.05, 0) is 19.1 Å². The standard InChI is InChI=1S/C10H11N3O2S/c1-8-11-7-10(12-8)16(14,15)13-9-5-3-2-4-6-9/h2-7,13H,1H3,(H,11,12). The molecule has 5 nitrogen and oxygen atoms in total. The van der Waals surface area contributed by atoms with Crippen molar-refractivity contribution < 1.29 is 8.42 Å². The normalized spacial score (nSPS) is 11.3. The Labute approximate surface area is 93.6 Å². The number of aromatic nitrogens is 2. The number of sulfonamides is 1. The summed E-state index contributed by atoms with van der Waals surface area (Å²) >= 11 is 0. The number of hydrogen-bond acceptors (Lipinski definition) is 3. The van der Waals surface area contributed by atoms with E-state index in [1.807, 2.05) is 6.07 Å². The zero-order chi connectivity index (χ0) is 11.6. The Kier molecular flexibility index (Phi) is 2.66. The molecule has 0 aliphatic heterocycles. The summed E-state index contributed by atoms with van der Waals surface area (Å²) in [5, 5.41) is 0.0638. The van der Waals surface area contributed by atoms with E-state index in [2.05, 4.69) is 14.7 Å². The summed E-state index contributed by atoms with van der Waals surface area (Å²) in [5.41, 5.74) is 0.523. The van der Waals surface area contributed by atoms with Crippen LogP contribution >= 0.6 is 0 Å². The molecule has 0 fully saturated rings. The SMILES string of the molecule is Cc1ncc(S(=O)(=O)Nc2ccccc2)[nH]1. The fourth-order valence-electron chi connectivity index (χ4n) is 1.25. The molecule has 1 aromatic carbocycles. The lowest BCUT2D eigenvalue weighted by molar-refractivity contribution is 0.598. The van der Waals surface area contributed by atoms with Gasteiger partial charge in [0.25, 0.3) is 10.0 Å². The Bertz CT molecular complexity index is 575. The van der Waals surface area contributed by atoms with Crippen LogP contribution in [-0.2, 0) is 10.0 Å². The number of aryl methyl sites for hydroxylation is 1. The van der Waals surface area contributed by atoms with Gasteiger partial charge in [-0.1, -0.05) is 18.2 Å². The summed E-state index contributed by atoms with van der Waals surface area (Å²) in [6.07, 6.45) is 1.29. The van der Waals surface area contributed by atoms with Crippen LogP contribution in [0.25, 0.3) is 0 Å². The number of para-hydroxylation sites is 1. The summed E-state index contributed by atoms with van der Waals surface area (Å²) in [6, 6.07) is 8.70. The monoisotopic (exact) mass is 237 g/mol. The van der Waals surface area contributed by atoms with Crippen molar-refractivity contribution in [1.82, 2.24) is 9.97 Å². The van der Waals surface area contributed by atoms with Gasteiger partial charge in [0.1, 0.15) is 5.82 Å². The fraction of sp³-hybridized carbons (Fsp3) is 0.100. The van der Waals surface area contributed by atoms with Gasteiger partial charge in [-0.2, -0.15) is 8.42 Å². The fourth-order valence-corrected chi connectivity index (χ4v) is 2.28. The minimum atomic E-state index is -3.56. The average Bonchev–Trinajstić information content (AvgIpc) is 2.66. The molecular formula is C10H11N3O2S. The first-order valence-corrected chi connectivity index (χ1v) is 6.16. The molecule has 0 spiro atoms.